The Labute approximate surface area is 65.8 Å². The highest BCUT2D eigenvalue weighted by molar-refractivity contribution is 5.29. The van der Waals surface area contributed by atoms with Crippen LogP contribution in [0.15, 0.2) is 24.1 Å². The molecule has 0 aromatic carbocycles. The minimum absolute atomic E-state index is 0.299. The standard InChI is InChI=1S/C8H13FN2/c1-2-8(11)4-3-6(9)5-7(8)10/h3-5,7H,2,10-11H2,1H3. The van der Waals surface area contributed by atoms with Gasteiger partial charge in [0.2, 0.25) is 0 Å². The van der Waals surface area contributed by atoms with Crippen LogP contribution < -0.4 is 11.5 Å². The molecule has 0 fully saturated rings. The van der Waals surface area contributed by atoms with E-state index >= 15 is 0 Å². The Morgan fingerprint density at radius 2 is 2.36 bits per heavy atom. The molecule has 4 N–H and O–H groups in total. The summed E-state index contributed by atoms with van der Waals surface area (Å²) in [5.74, 6) is -0.299. The average molecular weight is 156 g/mol. The lowest BCUT2D eigenvalue weighted by atomic mass is 9.85. The van der Waals surface area contributed by atoms with E-state index in [0.29, 0.717) is 6.42 Å². The normalized spacial score (nSPS) is 37.1. The second-order valence-electron chi connectivity index (χ2n) is 2.88. The molecule has 0 saturated carbocycles. The Kier molecular flexibility index (Phi) is 2.11. The van der Waals surface area contributed by atoms with Crippen LogP contribution in [0.3, 0.4) is 0 Å². The Morgan fingerprint density at radius 1 is 1.73 bits per heavy atom. The molecule has 0 heterocycles. The third-order valence-corrected chi connectivity index (χ3v) is 2.12. The Bertz CT molecular complexity index is 210. The molecule has 0 saturated heterocycles. The van der Waals surface area contributed by atoms with Crippen molar-refractivity contribution in [1.29, 1.82) is 0 Å². The van der Waals surface area contributed by atoms with Gasteiger partial charge >= 0.3 is 0 Å². The maximum atomic E-state index is 12.6. The molecule has 0 aromatic rings. The highest BCUT2D eigenvalue weighted by atomic mass is 19.1. The molecule has 2 unspecified atom stereocenters. The van der Waals surface area contributed by atoms with Crippen LogP contribution in [0.5, 0.6) is 0 Å². The van der Waals surface area contributed by atoms with Gasteiger partial charge in [0, 0.05) is 6.04 Å². The summed E-state index contributed by atoms with van der Waals surface area (Å²) in [6, 6.07) is -0.405. The number of nitrogens with two attached hydrogens (primary N) is 2. The summed E-state index contributed by atoms with van der Waals surface area (Å²) in [7, 11) is 0. The Balaban J connectivity index is 2.84. The molecule has 11 heavy (non-hydrogen) atoms. The fourth-order valence-corrected chi connectivity index (χ4v) is 1.08. The van der Waals surface area contributed by atoms with E-state index in [1.165, 1.54) is 12.2 Å². The van der Waals surface area contributed by atoms with Crippen molar-refractivity contribution in [3.8, 4) is 0 Å². The van der Waals surface area contributed by atoms with Crippen molar-refractivity contribution in [2.75, 3.05) is 0 Å². The van der Waals surface area contributed by atoms with Gasteiger partial charge in [0.05, 0.1) is 5.54 Å². The van der Waals surface area contributed by atoms with Gasteiger partial charge in [-0.15, -0.1) is 0 Å². The zero-order valence-electron chi connectivity index (χ0n) is 6.55. The molecule has 0 radical (unpaired) electrons. The molecule has 0 bridgehead atoms. The van der Waals surface area contributed by atoms with Crippen LogP contribution >= 0.6 is 0 Å². The summed E-state index contributed by atoms with van der Waals surface area (Å²) in [6.07, 6.45) is 5.07. The van der Waals surface area contributed by atoms with Gasteiger partial charge in [0.25, 0.3) is 0 Å². The van der Waals surface area contributed by atoms with Crippen molar-refractivity contribution in [1.82, 2.24) is 0 Å². The van der Waals surface area contributed by atoms with E-state index < -0.39 is 11.6 Å². The molecule has 62 valence electrons. The molecular formula is C8H13FN2. The molecule has 3 heteroatoms. The van der Waals surface area contributed by atoms with E-state index in [1.807, 2.05) is 6.92 Å². The molecule has 2 nitrogen and oxygen atoms in total. The van der Waals surface area contributed by atoms with Crippen LogP contribution in [0.25, 0.3) is 0 Å². The topological polar surface area (TPSA) is 52.0 Å². The number of halogens is 1. The molecule has 1 aliphatic carbocycles. The van der Waals surface area contributed by atoms with E-state index in [0.717, 1.165) is 0 Å². The minimum Gasteiger partial charge on any atom is -0.323 e. The average Bonchev–Trinajstić information content (AvgIpc) is 1.98. The molecule has 1 rings (SSSR count). The number of hydrogen-bond acceptors (Lipinski definition) is 2. The summed E-state index contributed by atoms with van der Waals surface area (Å²) in [5, 5.41) is 0. The number of allylic oxidation sites excluding steroid dienone is 2. The predicted octanol–water partition coefficient (Wildman–Crippen LogP) is 0.844. The fraction of sp³-hybridized carbons (Fsp3) is 0.500. The van der Waals surface area contributed by atoms with Crippen molar-refractivity contribution < 1.29 is 4.39 Å². The summed E-state index contributed by atoms with van der Waals surface area (Å²) >= 11 is 0. The third-order valence-electron chi connectivity index (χ3n) is 2.12. The molecule has 1 aliphatic rings. The summed E-state index contributed by atoms with van der Waals surface area (Å²) < 4.78 is 12.6. The van der Waals surface area contributed by atoms with Crippen LogP contribution in [0.1, 0.15) is 13.3 Å². The van der Waals surface area contributed by atoms with E-state index in [1.54, 1.807) is 6.08 Å². The minimum atomic E-state index is -0.560. The summed E-state index contributed by atoms with van der Waals surface area (Å²) in [4.78, 5) is 0. The second-order valence-corrected chi connectivity index (χ2v) is 2.88. The van der Waals surface area contributed by atoms with E-state index in [9.17, 15) is 4.39 Å². The lowest BCUT2D eigenvalue weighted by Gasteiger charge is -2.31. The zero-order chi connectivity index (χ0) is 8.48. The summed E-state index contributed by atoms with van der Waals surface area (Å²) in [6.45, 7) is 1.93. The van der Waals surface area contributed by atoms with Crippen molar-refractivity contribution in [3.05, 3.63) is 24.1 Å². The van der Waals surface area contributed by atoms with Crippen molar-refractivity contribution in [3.63, 3.8) is 0 Å². The van der Waals surface area contributed by atoms with Gasteiger partial charge in [-0.1, -0.05) is 13.0 Å². The predicted molar refractivity (Wildman–Crippen MR) is 43.5 cm³/mol. The Morgan fingerprint density at radius 3 is 2.82 bits per heavy atom. The quantitative estimate of drug-likeness (QED) is 0.591. The second kappa shape index (κ2) is 2.75. The largest absolute Gasteiger partial charge is 0.323 e. The first-order chi connectivity index (χ1) is 5.08. The van der Waals surface area contributed by atoms with Gasteiger partial charge in [-0.25, -0.2) is 4.39 Å². The summed E-state index contributed by atoms with van der Waals surface area (Å²) in [5.41, 5.74) is 10.9. The van der Waals surface area contributed by atoms with Gasteiger partial charge in [-0.05, 0) is 18.6 Å². The molecule has 0 amide bonds. The lowest BCUT2D eigenvalue weighted by Crippen LogP contribution is -2.53. The van der Waals surface area contributed by atoms with Crippen molar-refractivity contribution in [2.45, 2.75) is 24.9 Å². The maximum Gasteiger partial charge on any atom is 0.120 e. The lowest BCUT2D eigenvalue weighted by molar-refractivity contribution is 0.442. The number of rotatable bonds is 1. The molecule has 0 spiro atoms. The first-order valence-corrected chi connectivity index (χ1v) is 3.69. The van der Waals surface area contributed by atoms with Crippen LogP contribution in [-0.2, 0) is 0 Å². The van der Waals surface area contributed by atoms with Crippen LogP contribution in [0.2, 0.25) is 0 Å². The van der Waals surface area contributed by atoms with Gasteiger partial charge in [0.15, 0.2) is 0 Å². The zero-order valence-corrected chi connectivity index (χ0v) is 6.55. The molecule has 0 aliphatic heterocycles. The van der Waals surface area contributed by atoms with Crippen molar-refractivity contribution in [2.24, 2.45) is 11.5 Å². The molecule has 2 atom stereocenters. The Hall–Kier alpha value is -0.670. The van der Waals surface area contributed by atoms with Gasteiger partial charge in [0.1, 0.15) is 5.83 Å². The van der Waals surface area contributed by atoms with Crippen molar-refractivity contribution >= 4 is 0 Å². The van der Waals surface area contributed by atoms with Gasteiger partial charge < -0.3 is 11.5 Å². The highest BCUT2D eigenvalue weighted by Crippen LogP contribution is 2.20. The first kappa shape index (κ1) is 8.43. The SMILES string of the molecule is CCC1(N)C=CC(F)=CC1N. The third kappa shape index (κ3) is 1.49. The maximum absolute atomic E-state index is 12.6. The van der Waals surface area contributed by atoms with E-state index in [2.05, 4.69) is 0 Å². The first-order valence-electron chi connectivity index (χ1n) is 3.69. The molecular weight excluding hydrogens is 143 g/mol. The van der Waals surface area contributed by atoms with E-state index in [-0.39, 0.29) is 5.83 Å². The smallest absolute Gasteiger partial charge is 0.120 e. The monoisotopic (exact) mass is 156 g/mol. The van der Waals surface area contributed by atoms with E-state index in [4.69, 9.17) is 11.5 Å². The van der Waals surface area contributed by atoms with Crippen LogP contribution in [0.4, 0.5) is 4.39 Å². The highest BCUT2D eigenvalue weighted by Gasteiger charge is 2.28. The fourth-order valence-electron chi connectivity index (χ4n) is 1.08. The number of hydrogen-bond donors (Lipinski definition) is 2. The van der Waals surface area contributed by atoms with Crippen LogP contribution in [0, 0.1) is 0 Å². The molecule has 0 aromatic heterocycles. The van der Waals surface area contributed by atoms with Crippen LogP contribution in [-0.4, -0.2) is 11.6 Å². The van der Waals surface area contributed by atoms with Gasteiger partial charge in [-0.2, -0.15) is 0 Å². The van der Waals surface area contributed by atoms with Gasteiger partial charge in [-0.3, -0.25) is 0 Å².